The molecule has 3 heteroatoms. The van der Waals surface area contributed by atoms with Crippen LogP contribution in [-0.4, -0.2) is 4.98 Å². The van der Waals surface area contributed by atoms with Crippen molar-refractivity contribution in [2.75, 3.05) is 4.90 Å². The molecule has 0 fully saturated rings. The van der Waals surface area contributed by atoms with Gasteiger partial charge in [-0.05, 0) is 93.0 Å². The lowest BCUT2D eigenvalue weighted by Gasteiger charge is -2.26. The normalized spacial score (nSPS) is 11.5. The smallest absolute Gasteiger partial charge is 0.227 e. The molecule has 216 valence electrons. The second-order valence-electron chi connectivity index (χ2n) is 11.6. The molecular formula is C43H28N2O. The number of benzene rings is 7. The summed E-state index contributed by atoms with van der Waals surface area (Å²) in [5.41, 5.74) is 9.57. The number of rotatable bonds is 5. The van der Waals surface area contributed by atoms with E-state index in [-0.39, 0.29) is 0 Å². The summed E-state index contributed by atoms with van der Waals surface area (Å²) < 4.78 is 6.43. The lowest BCUT2D eigenvalue weighted by atomic mass is 9.98. The first kappa shape index (κ1) is 26.2. The van der Waals surface area contributed by atoms with Gasteiger partial charge in [0.15, 0.2) is 0 Å². The second-order valence-corrected chi connectivity index (χ2v) is 11.6. The van der Waals surface area contributed by atoms with Gasteiger partial charge >= 0.3 is 0 Å². The van der Waals surface area contributed by atoms with Gasteiger partial charge in [0.2, 0.25) is 5.71 Å². The van der Waals surface area contributed by atoms with Crippen molar-refractivity contribution in [3.05, 3.63) is 170 Å². The summed E-state index contributed by atoms with van der Waals surface area (Å²) >= 11 is 0. The fourth-order valence-electron chi connectivity index (χ4n) is 6.65. The molecule has 0 aliphatic rings. The van der Waals surface area contributed by atoms with Crippen LogP contribution in [0.15, 0.2) is 174 Å². The minimum Gasteiger partial charge on any atom is -0.437 e. The van der Waals surface area contributed by atoms with Gasteiger partial charge in [0.05, 0.1) is 0 Å². The highest BCUT2D eigenvalue weighted by atomic mass is 16.3. The van der Waals surface area contributed by atoms with E-state index < -0.39 is 0 Å². The van der Waals surface area contributed by atoms with Crippen molar-refractivity contribution >= 4 is 60.7 Å². The molecule has 0 amide bonds. The molecular weight excluding hydrogens is 560 g/mol. The molecule has 3 nitrogen and oxygen atoms in total. The molecule has 0 radical (unpaired) electrons. The Morgan fingerprint density at radius 3 is 1.61 bits per heavy atom. The van der Waals surface area contributed by atoms with Crippen LogP contribution in [0.1, 0.15) is 0 Å². The quantitative estimate of drug-likeness (QED) is 0.187. The highest BCUT2D eigenvalue weighted by Gasteiger charge is 2.17. The summed E-state index contributed by atoms with van der Waals surface area (Å²) in [6.45, 7) is 0. The van der Waals surface area contributed by atoms with Crippen LogP contribution < -0.4 is 4.90 Å². The predicted octanol–water partition coefficient (Wildman–Crippen LogP) is 12.1. The van der Waals surface area contributed by atoms with Gasteiger partial charge in [-0.3, -0.25) is 0 Å². The summed E-state index contributed by atoms with van der Waals surface area (Å²) in [5, 5.41) is 6.67. The molecule has 2 heterocycles. The largest absolute Gasteiger partial charge is 0.437 e. The number of aromatic nitrogens is 1. The summed E-state index contributed by atoms with van der Waals surface area (Å²) in [6, 6.07) is 58.2. The van der Waals surface area contributed by atoms with Gasteiger partial charge in [-0.25, -0.2) is 4.98 Å². The minimum absolute atomic E-state index is 0.664. The summed E-state index contributed by atoms with van der Waals surface area (Å²) in [5.74, 6) is 0. The lowest BCUT2D eigenvalue weighted by Crippen LogP contribution is -2.09. The zero-order chi connectivity index (χ0) is 30.5. The van der Waals surface area contributed by atoms with Crippen molar-refractivity contribution < 1.29 is 4.42 Å². The van der Waals surface area contributed by atoms with E-state index in [1.54, 1.807) is 6.20 Å². The predicted molar refractivity (Wildman–Crippen MR) is 192 cm³/mol. The summed E-state index contributed by atoms with van der Waals surface area (Å²) in [7, 11) is 0. The standard InChI is InChI=1S/C43H28N2O/c1-3-8-29(9-4-1)31-15-21-35(22-16-31)45(36-23-17-32(18-24-36)30-10-5-2-6-11-30)37-25-19-33-13-14-34-20-26-38-39-12-7-27-44-43(39)46-42(38)41(34)40(33)28-37/h1-28H. The summed E-state index contributed by atoms with van der Waals surface area (Å²) in [4.78, 5) is 6.85. The Bertz CT molecular complexity index is 2420. The van der Waals surface area contributed by atoms with Crippen molar-refractivity contribution in [3.63, 3.8) is 0 Å². The molecule has 0 spiro atoms. The van der Waals surface area contributed by atoms with E-state index in [9.17, 15) is 0 Å². The Labute approximate surface area is 266 Å². The van der Waals surface area contributed by atoms with Crippen molar-refractivity contribution in [2.24, 2.45) is 0 Å². The van der Waals surface area contributed by atoms with Crippen LogP contribution in [0.3, 0.4) is 0 Å². The van der Waals surface area contributed by atoms with Gasteiger partial charge in [-0.2, -0.15) is 0 Å². The van der Waals surface area contributed by atoms with Gasteiger partial charge in [-0.15, -0.1) is 0 Å². The molecule has 7 aromatic carbocycles. The van der Waals surface area contributed by atoms with Gasteiger partial charge in [0.25, 0.3) is 0 Å². The van der Waals surface area contributed by atoms with Crippen molar-refractivity contribution in [2.45, 2.75) is 0 Å². The first-order valence-electron chi connectivity index (χ1n) is 15.5. The van der Waals surface area contributed by atoms with E-state index >= 15 is 0 Å². The van der Waals surface area contributed by atoms with E-state index in [0.717, 1.165) is 55.0 Å². The zero-order valence-electron chi connectivity index (χ0n) is 25.0. The number of hydrogen-bond donors (Lipinski definition) is 0. The van der Waals surface area contributed by atoms with Crippen LogP contribution in [0.4, 0.5) is 17.1 Å². The molecule has 0 atom stereocenters. The molecule has 46 heavy (non-hydrogen) atoms. The molecule has 0 unspecified atom stereocenters. The Morgan fingerprint density at radius 2 is 0.957 bits per heavy atom. The van der Waals surface area contributed by atoms with Crippen LogP contribution in [0.2, 0.25) is 0 Å². The fraction of sp³-hybridized carbons (Fsp3) is 0. The van der Waals surface area contributed by atoms with Crippen LogP contribution in [-0.2, 0) is 0 Å². The van der Waals surface area contributed by atoms with E-state index in [2.05, 4.69) is 168 Å². The highest BCUT2D eigenvalue weighted by molar-refractivity contribution is 6.23. The fourth-order valence-corrected chi connectivity index (χ4v) is 6.65. The number of nitrogens with zero attached hydrogens (tertiary/aromatic N) is 2. The van der Waals surface area contributed by atoms with Crippen molar-refractivity contribution in [3.8, 4) is 22.3 Å². The van der Waals surface area contributed by atoms with Crippen LogP contribution >= 0.6 is 0 Å². The van der Waals surface area contributed by atoms with E-state index in [0.29, 0.717) is 5.71 Å². The topological polar surface area (TPSA) is 29.3 Å². The maximum Gasteiger partial charge on any atom is 0.227 e. The Balaban J connectivity index is 1.24. The maximum atomic E-state index is 6.43. The Hall–Kier alpha value is -6.19. The number of fused-ring (bicyclic) bond motifs is 7. The third-order valence-corrected chi connectivity index (χ3v) is 8.92. The van der Waals surface area contributed by atoms with Crippen LogP contribution in [0.5, 0.6) is 0 Å². The van der Waals surface area contributed by atoms with Gasteiger partial charge < -0.3 is 9.32 Å². The van der Waals surface area contributed by atoms with Crippen molar-refractivity contribution in [1.82, 2.24) is 4.98 Å². The molecule has 0 bridgehead atoms. The van der Waals surface area contributed by atoms with E-state index in [1.165, 1.54) is 22.3 Å². The Morgan fingerprint density at radius 1 is 0.413 bits per heavy atom. The SMILES string of the molecule is c1ccc(-c2ccc(N(c3ccc(-c4ccccc4)cc3)c3ccc4ccc5ccc6c7cccnc7oc6c5c4c3)cc2)cc1. The van der Waals surface area contributed by atoms with Gasteiger partial charge in [0, 0.05) is 39.4 Å². The maximum absolute atomic E-state index is 6.43. The van der Waals surface area contributed by atoms with Crippen LogP contribution in [0, 0.1) is 0 Å². The van der Waals surface area contributed by atoms with Crippen molar-refractivity contribution in [1.29, 1.82) is 0 Å². The first-order valence-corrected chi connectivity index (χ1v) is 15.5. The average molecular weight is 589 g/mol. The molecule has 0 aliphatic heterocycles. The molecule has 9 rings (SSSR count). The summed E-state index contributed by atoms with van der Waals surface area (Å²) in [6.07, 6.45) is 1.78. The third-order valence-electron chi connectivity index (χ3n) is 8.92. The number of pyridine rings is 1. The third kappa shape index (κ3) is 4.41. The van der Waals surface area contributed by atoms with Crippen LogP contribution in [0.25, 0.3) is 65.9 Å². The Kier molecular flexibility index (Phi) is 6.14. The average Bonchev–Trinajstić information content (AvgIpc) is 3.52. The van der Waals surface area contributed by atoms with E-state index in [1.807, 2.05) is 6.07 Å². The molecule has 9 aromatic rings. The molecule has 0 aliphatic carbocycles. The zero-order valence-corrected chi connectivity index (χ0v) is 25.0. The highest BCUT2D eigenvalue weighted by Crippen LogP contribution is 2.41. The van der Waals surface area contributed by atoms with Gasteiger partial charge in [0.1, 0.15) is 5.58 Å². The monoisotopic (exact) mass is 588 g/mol. The molecule has 0 N–H and O–H groups in total. The van der Waals surface area contributed by atoms with Gasteiger partial charge in [-0.1, -0.05) is 109 Å². The number of furan rings is 1. The molecule has 2 aromatic heterocycles. The van der Waals surface area contributed by atoms with E-state index in [4.69, 9.17) is 4.42 Å². The lowest BCUT2D eigenvalue weighted by molar-refractivity contribution is 0.658. The number of anilines is 3. The molecule has 0 saturated carbocycles. The second kappa shape index (κ2) is 10.8. The number of hydrogen-bond acceptors (Lipinski definition) is 3. The minimum atomic E-state index is 0.664. The molecule has 0 saturated heterocycles. The first-order chi connectivity index (χ1) is 22.8.